The second-order valence-corrected chi connectivity index (χ2v) is 4.80. The Morgan fingerprint density at radius 3 is 2.70 bits per heavy atom. The van der Waals surface area contributed by atoms with Crippen molar-refractivity contribution in [1.82, 2.24) is 15.6 Å². The molecule has 0 aliphatic heterocycles. The average molecular weight is 290 g/mol. The maximum atomic E-state index is 11.8. The van der Waals surface area contributed by atoms with Gasteiger partial charge in [0, 0.05) is 11.2 Å². The van der Waals surface area contributed by atoms with Gasteiger partial charge in [0.15, 0.2) is 0 Å². The van der Waals surface area contributed by atoms with Crippen LogP contribution in [0.25, 0.3) is 0 Å². The summed E-state index contributed by atoms with van der Waals surface area (Å²) in [5, 5.41) is 6.25. The average Bonchev–Trinajstić information content (AvgIpc) is 2.46. The molecule has 0 aliphatic rings. The highest BCUT2D eigenvalue weighted by molar-refractivity contribution is 6.31. The monoisotopic (exact) mass is 289 g/mol. The summed E-state index contributed by atoms with van der Waals surface area (Å²) in [7, 11) is 0. The third kappa shape index (κ3) is 3.96. The second-order valence-electron chi connectivity index (χ2n) is 4.39. The summed E-state index contributed by atoms with van der Waals surface area (Å²) in [6.45, 7) is 2.28. The Balaban J connectivity index is 1.87. The number of halogens is 1. The normalized spacial score (nSPS) is 11.7. The Bertz CT molecular complexity index is 574. The molecule has 4 nitrogen and oxygen atoms in total. The van der Waals surface area contributed by atoms with Gasteiger partial charge in [-0.1, -0.05) is 35.9 Å². The number of carbonyl (C=O) groups is 1. The zero-order chi connectivity index (χ0) is 14.4. The van der Waals surface area contributed by atoms with Gasteiger partial charge in [-0.2, -0.15) is 0 Å². The molecule has 0 saturated heterocycles. The summed E-state index contributed by atoms with van der Waals surface area (Å²) in [6, 6.07) is 12.6. The number of urea groups is 1. The lowest BCUT2D eigenvalue weighted by Gasteiger charge is -2.16. The van der Waals surface area contributed by atoms with Gasteiger partial charge in [0.1, 0.15) is 0 Å². The molecule has 1 heterocycles. The molecule has 0 aliphatic carbocycles. The predicted octanol–water partition coefficient (Wildman–Crippen LogP) is 3.30. The summed E-state index contributed by atoms with van der Waals surface area (Å²) in [6.07, 6.45) is 1.70. The molecule has 104 valence electrons. The Hall–Kier alpha value is -2.07. The maximum Gasteiger partial charge on any atom is 0.315 e. The standard InChI is InChI=1S/C15H16ClN3O/c1-11(13-7-2-3-8-14(13)16)19-15(20)18-10-12-6-4-5-9-17-12/h2-9,11H,10H2,1H3,(H2,18,19,20). The number of nitrogens with zero attached hydrogens (tertiary/aromatic N) is 1. The smallest absolute Gasteiger partial charge is 0.315 e. The van der Waals surface area contributed by atoms with Crippen LogP contribution in [0.4, 0.5) is 4.79 Å². The first kappa shape index (κ1) is 14.3. The van der Waals surface area contributed by atoms with Crippen molar-refractivity contribution in [2.75, 3.05) is 0 Å². The lowest BCUT2D eigenvalue weighted by molar-refractivity contribution is 0.237. The van der Waals surface area contributed by atoms with Crippen LogP contribution in [0, 0.1) is 0 Å². The van der Waals surface area contributed by atoms with E-state index in [2.05, 4.69) is 15.6 Å². The summed E-state index contributed by atoms with van der Waals surface area (Å²) < 4.78 is 0. The van der Waals surface area contributed by atoms with E-state index in [4.69, 9.17) is 11.6 Å². The number of carbonyl (C=O) groups excluding carboxylic acids is 1. The van der Waals surface area contributed by atoms with Crippen LogP contribution in [0.1, 0.15) is 24.2 Å². The highest BCUT2D eigenvalue weighted by Gasteiger charge is 2.11. The number of hydrogen-bond donors (Lipinski definition) is 2. The van der Waals surface area contributed by atoms with Crippen LogP contribution >= 0.6 is 11.6 Å². The van der Waals surface area contributed by atoms with Crippen LogP contribution < -0.4 is 10.6 Å². The zero-order valence-corrected chi connectivity index (χ0v) is 11.9. The lowest BCUT2D eigenvalue weighted by Crippen LogP contribution is -2.36. The maximum absolute atomic E-state index is 11.8. The molecule has 0 saturated carbocycles. The van der Waals surface area contributed by atoms with Gasteiger partial charge >= 0.3 is 6.03 Å². The van der Waals surface area contributed by atoms with Crippen molar-refractivity contribution in [2.45, 2.75) is 19.5 Å². The molecule has 2 N–H and O–H groups in total. The molecule has 0 radical (unpaired) electrons. The number of hydrogen-bond acceptors (Lipinski definition) is 2. The molecule has 0 spiro atoms. The molecule has 1 atom stereocenters. The van der Waals surface area contributed by atoms with Crippen molar-refractivity contribution in [3.8, 4) is 0 Å². The van der Waals surface area contributed by atoms with Gasteiger partial charge in [-0.25, -0.2) is 4.79 Å². The first-order valence-corrected chi connectivity index (χ1v) is 6.73. The minimum atomic E-state index is -0.247. The van der Waals surface area contributed by atoms with Crippen molar-refractivity contribution in [1.29, 1.82) is 0 Å². The number of rotatable bonds is 4. The minimum absolute atomic E-state index is 0.160. The summed E-state index contributed by atoms with van der Waals surface area (Å²) in [4.78, 5) is 16.0. The summed E-state index contributed by atoms with van der Waals surface area (Å²) >= 11 is 6.09. The predicted molar refractivity (Wildman–Crippen MR) is 79.5 cm³/mol. The second kappa shape index (κ2) is 6.91. The quantitative estimate of drug-likeness (QED) is 0.907. The summed E-state index contributed by atoms with van der Waals surface area (Å²) in [5.74, 6) is 0. The first-order chi connectivity index (χ1) is 9.66. The Morgan fingerprint density at radius 2 is 2.00 bits per heavy atom. The van der Waals surface area contributed by atoms with Crippen molar-refractivity contribution in [2.24, 2.45) is 0 Å². The topological polar surface area (TPSA) is 54.0 Å². The van der Waals surface area contributed by atoms with Gasteiger partial charge in [0.25, 0.3) is 0 Å². The van der Waals surface area contributed by atoms with E-state index < -0.39 is 0 Å². The van der Waals surface area contributed by atoms with E-state index in [1.54, 1.807) is 12.3 Å². The Labute approximate surface area is 123 Å². The van der Waals surface area contributed by atoms with Gasteiger partial charge in [-0.05, 0) is 30.7 Å². The fourth-order valence-electron chi connectivity index (χ4n) is 1.83. The third-order valence-electron chi connectivity index (χ3n) is 2.88. The van der Waals surface area contributed by atoms with E-state index in [0.29, 0.717) is 11.6 Å². The number of aromatic nitrogens is 1. The molecule has 5 heteroatoms. The van der Waals surface area contributed by atoms with Crippen LogP contribution in [0.3, 0.4) is 0 Å². The van der Waals surface area contributed by atoms with Crippen LogP contribution in [-0.2, 0) is 6.54 Å². The SMILES string of the molecule is CC(NC(=O)NCc1ccccn1)c1ccccc1Cl. The number of pyridine rings is 1. The number of nitrogens with one attached hydrogen (secondary N) is 2. The van der Waals surface area contributed by atoms with Crippen LogP contribution in [0.2, 0.25) is 5.02 Å². The van der Waals surface area contributed by atoms with Crippen LogP contribution in [0.15, 0.2) is 48.7 Å². The van der Waals surface area contributed by atoms with Gasteiger partial charge in [0.05, 0.1) is 18.3 Å². The van der Waals surface area contributed by atoms with E-state index >= 15 is 0 Å². The Morgan fingerprint density at radius 1 is 1.25 bits per heavy atom. The molecule has 2 aromatic rings. The molecular weight excluding hydrogens is 274 g/mol. The molecule has 2 rings (SSSR count). The Kier molecular flexibility index (Phi) is 4.96. The highest BCUT2D eigenvalue weighted by Crippen LogP contribution is 2.21. The van der Waals surface area contributed by atoms with E-state index in [1.807, 2.05) is 43.3 Å². The van der Waals surface area contributed by atoms with E-state index in [1.165, 1.54) is 0 Å². The van der Waals surface area contributed by atoms with Crippen molar-refractivity contribution < 1.29 is 4.79 Å². The molecule has 2 amide bonds. The molecule has 1 aromatic carbocycles. The summed E-state index contributed by atoms with van der Waals surface area (Å²) in [5.41, 5.74) is 1.70. The van der Waals surface area contributed by atoms with Crippen molar-refractivity contribution >= 4 is 17.6 Å². The number of amides is 2. The number of benzene rings is 1. The zero-order valence-electron chi connectivity index (χ0n) is 11.1. The fraction of sp³-hybridized carbons (Fsp3) is 0.200. The van der Waals surface area contributed by atoms with Gasteiger partial charge in [-0.15, -0.1) is 0 Å². The molecule has 1 aromatic heterocycles. The molecule has 0 bridgehead atoms. The van der Waals surface area contributed by atoms with Crippen LogP contribution in [0.5, 0.6) is 0 Å². The first-order valence-electron chi connectivity index (χ1n) is 6.35. The molecule has 0 fully saturated rings. The largest absolute Gasteiger partial charge is 0.332 e. The van der Waals surface area contributed by atoms with Crippen LogP contribution in [-0.4, -0.2) is 11.0 Å². The van der Waals surface area contributed by atoms with Gasteiger partial charge in [-0.3, -0.25) is 4.98 Å². The molecule has 1 unspecified atom stereocenters. The third-order valence-corrected chi connectivity index (χ3v) is 3.22. The molecular formula is C15H16ClN3O. The van der Waals surface area contributed by atoms with Gasteiger partial charge in [0.2, 0.25) is 0 Å². The lowest BCUT2D eigenvalue weighted by atomic mass is 10.1. The van der Waals surface area contributed by atoms with Gasteiger partial charge < -0.3 is 10.6 Å². The fourth-order valence-corrected chi connectivity index (χ4v) is 2.12. The van der Waals surface area contributed by atoms with E-state index in [0.717, 1.165) is 11.3 Å². The minimum Gasteiger partial charge on any atom is -0.332 e. The molecule has 20 heavy (non-hydrogen) atoms. The van der Waals surface area contributed by atoms with Crippen molar-refractivity contribution in [3.05, 3.63) is 64.9 Å². The highest BCUT2D eigenvalue weighted by atomic mass is 35.5. The van der Waals surface area contributed by atoms with Crippen molar-refractivity contribution in [3.63, 3.8) is 0 Å². The van der Waals surface area contributed by atoms with E-state index in [9.17, 15) is 4.79 Å². The van der Waals surface area contributed by atoms with E-state index in [-0.39, 0.29) is 12.1 Å².